The Labute approximate surface area is 167 Å². The molecule has 1 saturated heterocycles. The van der Waals surface area contributed by atoms with Crippen LogP contribution in [0.2, 0.25) is 0 Å². The van der Waals surface area contributed by atoms with Crippen molar-refractivity contribution in [2.45, 2.75) is 50.0 Å². The molecule has 7 heteroatoms. The van der Waals surface area contributed by atoms with E-state index in [0.717, 1.165) is 5.56 Å². The number of benzene rings is 1. The molecule has 1 amide bonds. The maximum Gasteiger partial charge on any atom is 0.253 e. The number of sulfonamides is 1. The number of nitrogens with zero attached hydrogens (tertiary/aromatic N) is 2. The van der Waals surface area contributed by atoms with Gasteiger partial charge in [-0.05, 0) is 48.1 Å². The molecule has 0 bridgehead atoms. The summed E-state index contributed by atoms with van der Waals surface area (Å²) in [6, 6.07) is 10.5. The molecule has 150 valence electrons. The van der Waals surface area contributed by atoms with Crippen LogP contribution in [0.4, 0.5) is 0 Å². The van der Waals surface area contributed by atoms with Crippen molar-refractivity contribution >= 4 is 15.9 Å². The van der Waals surface area contributed by atoms with E-state index in [0.29, 0.717) is 36.4 Å². The molecule has 28 heavy (non-hydrogen) atoms. The van der Waals surface area contributed by atoms with Crippen LogP contribution in [0.3, 0.4) is 0 Å². The van der Waals surface area contributed by atoms with Gasteiger partial charge in [0.15, 0.2) is 0 Å². The predicted molar refractivity (Wildman–Crippen MR) is 109 cm³/mol. The molecule has 1 aliphatic rings. The SMILES string of the molecule is CC(C)(C)c1ccc(S(=O)(=O)N2CCC(NC(=O)c3cccnc3)CC2)cc1. The van der Waals surface area contributed by atoms with Gasteiger partial charge in [-0.1, -0.05) is 32.9 Å². The molecule has 0 unspecified atom stereocenters. The average molecular weight is 402 g/mol. The molecule has 6 nitrogen and oxygen atoms in total. The highest BCUT2D eigenvalue weighted by molar-refractivity contribution is 7.89. The van der Waals surface area contributed by atoms with E-state index in [1.165, 1.54) is 10.5 Å². The Morgan fingerprint density at radius 2 is 1.75 bits per heavy atom. The second-order valence-corrected chi connectivity index (χ2v) is 10.1. The minimum atomic E-state index is -3.52. The van der Waals surface area contributed by atoms with Crippen molar-refractivity contribution in [3.63, 3.8) is 0 Å². The molecule has 1 aromatic heterocycles. The smallest absolute Gasteiger partial charge is 0.253 e. The number of nitrogens with one attached hydrogen (secondary N) is 1. The molecule has 0 atom stereocenters. The van der Waals surface area contributed by atoms with Gasteiger partial charge in [-0.15, -0.1) is 0 Å². The van der Waals surface area contributed by atoms with Crippen molar-refractivity contribution in [2.24, 2.45) is 0 Å². The summed E-state index contributed by atoms with van der Waals surface area (Å²) >= 11 is 0. The summed E-state index contributed by atoms with van der Waals surface area (Å²) in [5, 5.41) is 2.97. The third-order valence-electron chi connectivity index (χ3n) is 5.07. The summed E-state index contributed by atoms with van der Waals surface area (Å²) in [4.78, 5) is 16.5. The molecular weight excluding hydrogens is 374 g/mol. The van der Waals surface area contributed by atoms with Crippen LogP contribution in [0.5, 0.6) is 0 Å². The fourth-order valence-electron chi connectivity index (χ4n) is 3.28. The molecule has 1 aliphatic heterocycles. The fourth-order valence-corrected chi connectivity index (χ4v) is 4.75. The maximum absolute atomic E-state index is 12.9. The molecular formula is C21H27N3O3S. The predicted octanol–water partition coefficient (Wildman–Crippen LogP) is 2.96. The second kappa shape index (κ2) is 8.01. The van der Waals surface area contributed by atoms with Gasteiger partial charge in [0.2, 0.25) is 10.0 Å². The van der Waals surface area contributed by atoms with Crippen LogP contribution in [-0.2, 0) is 15.4 Å². The number of carbonyl (C=O) groups is 1. The fraction of sp³-hybridized carbons (Fsp3) is 0.429. The number of pyridine rings is 1. The summed E-state index contributed by atoms with van der Waals surface area (Å²) in [5.41, 5.74) is 1.59. The van der Waals surface area contributed by atoms with Crippen LogP contribution >= 0.6 is 0 Å². The Morgan fingerprint density at radius 1 is 1.11 bits per heavy atom. The monoisotopic (exact) mass is 401 g/mol. The van der Waals surface area contributed by atoms with Crippen molar-refractivity contribution in [1.29, 1.82) is 0 Å². The lowest BCUT2D eigenvalue weighted by molar-refractivity contribution is 0.0923. The lowest BCUT2D eigenvalue weighted by Crippen LogP contribution is -2.46. The number of rotatable bonds is 4. The van der Waals surface area contributed by atoms with Gasteiger partial charge in [-0.25, -0.2) is 8.42 Å². The van der Waals surface area contributed by atoms with Gasteiger partial charge < -0.3 is 5.32 Å². The van der Waals surface area contributed by atoms with Gasteiger partial charge in [0.25, 0.3) is 5.91 Å². The summed E-state index contributed by atoms with van der Waals surface area (Å²) in [5.74, 6) is -0.174. The summed E-state index contributed by atoms with van der Waals surface area (Å²) in [7, 11) is -3.52. The van der Waals surface area contributed by atoms with E-state index >= 15 is 0 Å². The van der Waals surface area contributed by atoms with Gasteiger partial charge in [0.05, 0.1) is 10.5 Å². The van der Waals surface area contributed by atoms with Gasteiger partial charge in [-0.3, -0.25) is 9.78 Å². The summed E-state index contributed by atoms with van der Waals surface area (Å²) < 4.78 is 27.4. The third kappa shape index (κ3) is 4.59. The molecule has 2 aromatic rings. The Morgan fingerprint density at radius 3 is 2.29 bits per heavy atom. The highest BCUT2D eigenvalue weighted by Crippen LogP contribution is 2.26. The summed E-state index contributed by atoms with van der Waals surface area (Å²) in [6.45, 7) is 7.08. The lowest BCUT2D eigenvalue weighted by atomic mass is 9.87. The number of piperidine rings is 1. The molecule has 0 saturated carbocycles. The topological polar surface area (TPSA) is 79.4 Å². The van der Waals surface area contributed by atoms with E-state index < -0.39 is 10.0 Å². The largest absolute Gasteiger partial charge is 0.349 e. The van der Waals surface area contributed by atoms with Crippen LogP contribution in [-0.4, -0.2) is 42.7 Å². The first kappa shape index (κ1) is 20.5. The molecule has 1 N–H and O–H groups in total. The van der Waals surface area contributed by atoms with E-state index in [4.69, 9.17) is 0 Å². The van der Waals surface area contributed by atoms with E-state index in [1.54, 1.807) is 30.5 Å². The van der Waals surface area contributed by atoms with Crippen molar-refractivity contribution in [1.82, 2.24) is 14.6 Å². The first-order chi connectivity index (χ1) is 13.2. The second-order valence-electron chi connectivity index (χ2n) is 8.17. The molecule has 2 heterocycles. The standard InChI is InChI=1S/C21H27N3O3S/c1-21(2,3)17-6-8-19(9-7-17)28(26,27)24-13-10-18(11-14-24)23-20(25)16-5-4-12-22-15-16/h4-9,12,15,18H,10-11,13-14H2,1-3H3,(H,23,25). The number of carbonyl (C=O) groups excluding carboxylic acids is 1. The maximum atomic E-state index is 12.9. The Kier molecular flexibility index (Phi) is 5.86. The van der Waals surface area contributed by atoms with Crippen molar-refractivity contribution in [2.75, 3.05) is 13.1 Å². The molecule has 1 fully saturated rings. The minimum absolute atomic E-state index is 0.0207. The van der Waals surface area contributed by atoms with Crippen LogP contribution in [0.15, 0.2) is 53.7 Å². The van der Waals surface area contributed by atoms with Crippen molar-refractivity contribution < 1.29 is 13.2 Å². The van der Waals surface area contributed by atoms with E-state index in [1.807, 2.05) is 12.1 Å². The van der Waals surface area contributed by atoms with Crippen molar-refractivity contribution in [3.05, 3.63) is 59.9 Å². The van der Waals surface area contributed by atoms with Crippen LogP contribution < -0.4 is 5.32 Å². The Hall–Kier alpha value is -2.25. The molecule has 0 aliphatic carbocycles. The molecule has 1 aromatic carbocycles. The van der Waals surface area contributed by atoms with Gasteiger partial charge in [0, 0.05) is 31.5 Å². The number of hydrogen-bond acceptors (Lipinski definition) is 4. The van der Waals surface area contributed by atoms with E-state index in [-0.39, 0.29) is 17.4 Å². The van der Waals surface area contributed by atoms with Crippen LogP contribution in [0.25, 0.3) is 0 Å². The normalized spacial score (nSPS) is 16.7. The minimum Gasteiger partial charge on any atom is -0.349 e. The zero-order chi connectivity index (χ0) is 20.4. The lowest BCUT2D eigenvalue weighted by Gasteiger charge is -2.31. The number of hydrogen-bond donors (Lipinski definition) is 1. The molecule has 0 radical (unpaired) electrons. The van der Waals surface area contributed by atoms with E-state index in [9.17, 15) is 13.2 Å². The van der Waals surface area contributed by atoms with Crippen LogP contribution in [0, 0.1) is 0 Å². The zero-order valence-corrected chi connectivity index (χ0v) is 17.4. The van der Waals surface area contributed by atoms with Gasteiger partial charge in [0.1, 0.15) is 0 Å². The molecule has 0 spiro atoms. The molecule has 3 rings (SSSR count). The van der Waals surface area contributed by atoms with Gasteiger partial charge in [-0.2, -0.15) is 4.31 Å². The Bertz CT molecular complexity index is 912. The quantitative estimate of drug-likeness (QED) is 0.854. The highest BCUT2D eigenvalue weighted by Gasteiger charge is 2.30. The van der Waals surface area contributed by atoms with Crippen LogP contribution in [0.1, 0.15) is 49.5 Å². The zero-order valence-electron chi connectivity index (χ0n) is 16.6. The third-order valence-corrected chi connectivity index (χ3v) is 6.98. The van der Waals surface area contributed by atoms with Gasteiger partial charge >= 0.3 is 0 Å². The van der Waals surface area contributed by atoms with Crippen molar-refractivity contribution in [3.8, 4) is 0 Å². The first-order valence-electron chi connectivity index (χ1n) is 9.49. The highest BCUT2D eigenvalue weighted by atomic mass is 32.2. The first-order valence-corrected chi connectivity index (χ1v) is 10.9. The summed E-state index contributed by atoms with van der Waals surface area (Å²) in [6.07, 6.45) is 4.32. The van der Waals surface area contributed by atoms with E-state index in [2.05, 4.69) is 31.1 Å². The Balaban J connectivity index is 1.61. The number of aromatic nitrogens is 1. The number of amides is 1. The average Bonchev–Trinajstić information content (AvgIpc) is 2.68.